The number of nitrogens with one attached hydrogen (secondary N) is 1. The number of hydrogen-bond acceptors (Lipinski definition) is 4. The third-order valence-corrected chi connectivity index (χ3v) is 2.39. The van der Waals surface area contributed by atoms with Gasteiger partial charge in [0.2, 0.25) is 5.95 Å². The molecule has 1 aromatic heterocycles. The van der Waals surface area contributed by atoms with Gasteiger partial charge in [0.25, 0.3) is 0 Å². The van der Waals surface area contributed by atoms with E-state index in [0.717, 1.165) is 3.57 Å². The first kappa shape index (κ1) is 10.1. The number of aromatic hydroxyl groups is 1. The second kappa shape index (κ2) is 4.39. The Hall–Kier alpha value is -1.44. The van der Waals surface area contributed by atoms with Gasteiger partial charge in [-0.1, -0.05) is 0 Å². The Labute approximate surface area is 99.4 Å². The van der Waals surface area contributed by atoms with Crippen LogP contribution in [0.15, 0.2) is 29.5 Å². The monoisotopic (exact) mass is 314 g/mol. The second-order valence-corrected chi connectivity index (χ2v) is 4.02. The van der Waals surface area contributed by atoms with Crippen LogP contribution in [0.2, 0.25) is 0 Å². The van der Waals surface area contributed by atoms with Gasteiger partial charge in [-0.05, 0) is 40.8 Å². The van der Waals surface area contributed by atoms with E-state index in [0.29, 0.717) is 11.5 Å². The molecule has 2 aromatic rings. The maximum atomic E-state index is 9.52. The van der Waals surface area contributed by atoms with Crippen molar-refractivity contribution in [2.45, 2.75) is 0 Å². The fourth-order valence-corrected chi connectivity index (χ4v) is 1.54. The van der Waals surface area contributed by atoms with Gasteiger partial charge in [-0.15, -0.1) is 0 Å². The first-order valence-electron chi connectivity index (χ1n) is 4.13. The molecule has 5 nitrogen and oxygen atoms in total. The van der Waals surface area contributed by atoms with Gasteiger partial charge in [0.05, 0.1) is 0 Å². The van der Waals surface area contributed by atoms with E-state index in [9.17, 15) is 5.11 Å². The summed E-state index contributed by atoms with van der Waals surface area (Å²) in [7, 11) is 0. The summed E-state index contributed by atoms with van der Waals surface area (Å²) in [5.74, 6) is 0.604. The second-order valence-electron chi connectivity index (χ2n) is 2.77. The van der Waals surface area contributed by atoms with Gasteiger partial charge < -0.3 is 5.11 Å². The molecule has 0 radical (unpaired) electrons. The first-order valence-corrected chi connectivity index (χ1v) is 5.21. The molecular formula is C9H7IN4O. The minimum absolute atomic E-state index is 0.193. The van der Waals surface area contributed by atoms with Crippen LogP contribution in [0.5, 0.6) is 5.75 Å². The number of phenols is 1. The quantitative estimate of drug-likeness (QED) is 0.656. The lowest BCUT2D eigenvalue weighted by atomic mass is 10.2. The van der Waals surface area contributed by atoms with Crippen LogP contribution in [0.25, 0.3) is 0 Å². The van der Waals surface area contributed by atoms with E-state index in [2.05, 4.69) is 42.8 Å². The zero-order chi connectivity index (χ0) is 10.7. The standard InChI is InChI=1S/C9H7IN4O/c10-7-1-2-8(15)6(3-7)4-11-9-12-5-13-14-9/h1-5,15H,(H,12,13,14). The normalized spacial score (nSPS) is 11.0. The molecule has 0 saturated carbocycles. The molecule has 0 bridgehead atoms. The average Bonchev–Trinajstić information content (AvgIpc) is 2.72. The van der Waals surface area contributed by atoms with Crippen LogP contribution in [0.4, 0.5) is 5.95 Å². The van der Waals surface area contributed by atoms with Crippen LogP contribution < -0.4 is 0 Å². The summed E-state index contributed by atoms with van der Waals surface area (Å²) in [4.78, 5) is 7.86. The van der Waals surface area contributed by atoms with E-state index in [4.69, 9.17) is 0 Å². The van der Waals surface area contributed by atoms with E-state index in [1.807, 2.05) is 12.1 Å². The summed E-state index contributed by atoms with van der Waals surface area (Å²) in [5, 5.41) is 15.8. The molecule has 0 amide bonds. The Kier molecular flexibility index (Phi) is 2.95. The number of benzene rings is 1. The minimum atomic E-state index is 0.193. The molecule has 0 aliphatic rings. The number of rotatable bonds is 2. The predicted octanol–water partition coefficient (Wildman–Crippen LogP) is 1.87. The molecule has 0 unspecified atom stereocenters. The first-order chi connectivity index (χ1) is 7.25. The molecule has 0 atom stereocenters. The highest BCUT2D eigenvalue weighted by molar-refractivity contribution is 14.1. The van der Waals surface area contributed by atoms with Crippen molar-refractivity contribution in [2.24, 2.45) is 4.99 Å². The van der Waals surface area contributed by atoms with Gasteiger partial charge in [0, 0.05) is 15.3 Å². The van der Waals surface area contributed by atoms with Crippen LogP contribution in [-0.2, 0) is 0 Å². The molecule has 0 fully saturated rings. The van der Waals surface area contributed by atoms with Gasteiger partial charge >= 0.3 is 0 Å². The van der Waals surface area contributed by atoms with Crippen molar-refractivity contribution in [3.63, 3.8) is 0 Å². The smallest absolute Gasteiger partial charge is 0.245 e. The Bertz CT molecular complexity index is 481. The van der Waals surface area contributed by atoms with Gasteiger partial charge in [-0.3, -0.25) is 0 Å². The fourth-order valence-electron chi connectivity index (χ4n) is 1.02. The molecule has 2 rings (SSSR count). The van der Waals surface area contributed by atoms with Crippen molar-refractivity contribution in [2.75, 3.05) is 0 Å². The number of nitrogens with zero attached hydrogens (tertiary/aromatic N) is 3. The van der Waals surface area contributed by atoms with Crippen molar-refractivity contribution in [3.8, 4) is 5.75 Å². The molecule has 0 aliphatic carbocycles. The summed E-state index contributed by atoms with van der Waals surface area (Å²) in [6.07, 6.45) is 2.92. The maximum Gasteiger partial charge on any atom is 0.245 e. The molecule has 15 heavy (non-hydrogen) atoms. The molecule has 0 saturated heterocycles. The minimum Gasteiger partial charge on any atom is -0.507 e. The van der Waals surface area contributed by atoms with E-state index >= 15 is 0 Å². The topological polar surface area (TPSA) is 74.2 Å². The van der Waals surface area contributed by atoms with E-state index < -0.39 is 0 Å². The van der Waals surface area contributed by atoms with Crippen molar-refractivity contribution >= 4 is 34.8 Å². The maximum absolute atomic E-state index is 9.52. The SMILES string of the molecule is Oc1ccc(I)cc1C=Nc1ncn[nH]1. The van der Waals surface area contributed by atoms with Crippen LogP contribution in [0, 0.1) is 3.57 Å². The zero-order valence-electron chi connectivity index (χ0n) is 7.55. The fraction of sp³-hybridized carbons (Fsp3) is 0. The van der Waals surface area contributed by atoms with Gasteiger partial charge in [-0.25, -0.2) is 10.1 Å². The third kappa shape index (κ3) is 2.52. The highest BCUT2D eigenvalue weighted by Crippen LogP contribution is 2.18. The van der Waals surface area contributed by atoms with Gasteiger partial charge in [0.1, 0.15) is 12.1 Å². The predicted molar refractivity (Wildman–Crippen MR) is 64.5 cm³/mol. The number of H-pyrrole nitrogens is 1. The molecule has 6 heteroatoms. The lowest BCUT2D eigenvalue weighted by Gasteiger charge is -1.97. The van der Waals surface area contributed by atoms with Gasteiger partial charge in [-0.2, -0.15) is 10.1 Å². The molecule has 76 valence electrons. The van der Waals surface area contributed by atoms with E-state index in [1.54, 1.807) is 6.07 Å². The van der Waals surface area contributed by atoms with Crippen LogP contribution >= 0.6 is 22.6 Å². The molecule has 0 spiro atoms. The van der Waals surface area contributed by atoms with Crippen molar-refractivity contribution in [1.82, 2.24) is 15.2 Å². The highest BCUT2D eigenvalue weighted by Gasteiger charge is 1.98. The Balaban J connectivity index is 2.27. The zero-order valence-corrected chi connectivity index (χ0v) is 9.71. The van der Waals surface area contributed by atoms with Crippen molar-refractivity contribution < 1.29 is 5.11 Å². The number of aromatic amines is 1. The molecule has 2 N–H and O–H groups in total. The van der Waals surface area contributed by atoms with Crippen molar-refractivity contribution in [1.29, 1.82) is 0 Å². The summed E-state index contributed by atoms with van der Waals surface area (Å²) in [5.41, 5.74) is 0.651. The summed E-state index contributed by atoms with van der Waals surface area (Å²) < 4.78 is 1.03. The molecular weight excluding hydrogens is 307 g/mol. The van der Waals surface area contributed by atoms with Crippen LogP contribution in [0.1, 0.15) is 5.56 Å². The van der Waals surface area contributed by atoms with Crippen molar-refractivity contribution in [3.05, 3.63) is 33.7 Å². The number of phenolic OH excluding ortho intramolecular Hbond substituents is 1. The summed E-state index contributed by atoms with van der Waals surface area (Å²) in [6, 6.07) is 5.28. The Morgan fingerprint density at radius 2 is 2.33 bits per heavy atom. The third-order valence-electron chi connectivity index (χ3n) is 1.72. The van der Waals surface area contributed by atoms with Gasteiger partial charge in [0.15, 0.2) is 0 Å². The van der Waals surface area contributed by atoms with Crippen LogP contribution in [-0.4, -0.2) is 26.5 Å². The lowest BCUT2D eigenvalue weighted by Crippen LogP contribution is -1.84. The highest BCUT2D eigenvalue weighted by atomic mass is 127. The summed E-state index contributed by atoms with van der Waals surface area (Å²) >= 11 is 2.17. The molecule has 1 aromatic carbocycles. The number of aromatic nitrogens is 3. The Morgan fingerprint density at radius 3 is 3.07 bits per heavy atom. The lowest BCUT2D eigenvalue weighted by molar-refractivity contribution is 0.474. The van der Waals surface area contributed by atoms with E-state index in [1.165, 1.54) is 12.5 Å². The number of hydrogen-bond donors (Lipinski definition) is 2. The number of aliphatic imine (C=N–C) groups is 1. The summed E-state index contributed by atoms with van der Waals surface area (Å²) in [6.45, 7) is 0. The largest absolute Gasteiger partial charge is 0.507 e. The molecule has 1 heterocycles. The number of halogens is 1. The Morgan fingerprint density at radius 1 is 1.47 bits per heavy atom. The molecule has 0 aliphatic heterocycles. The van der Waals surface area contributed by atoms with E-state index in [-0.39, 0.29) is 5.75 Å². The average molecular weight is 314 g/mol. The van der Waals surface area contributed by atoms with Crippen LogP contribution in [0.3, 0.4) is 0 Å².